The average Bonchev–Trinajstić information content (AvgIpc) is 3.19. The third-order valence-electron chi connectivity index (χ3n) is 5.70. The van der Waals surface area contributed by atoms with Gasteiger partial charge in [-0.15, -0.1) is 11.3 Å². The summed E-state index contributed by atoms with van der Waals surface area (Å²) in [6, 6.07) is 0.288. The summed E-state index contributed by atoms with van der Waals surface area (Å²) < 4.78 is 1.61. The van der Waals surface area contributed by atoms with Crippen molar-refractivity contribution in [3.05, 3.63) is 20.8 Å². The Morgan fingerprint density at radius 3 is 2.92 bits per heavy atom. The lowest BCUT2D eigenvalue weighted by Gasteiger charge is -2.29. The molecule has 2 heterocycles. The van der Waals surface area contributed by atoms with Gasteiger partial charge in [0.15, 0.2) is 5.16 Å². The standard InChI is InChI=1S/C19H25N3O2S2/c1-11-6-3-4-8-13(11)20-15(23)10-25-19-21-17-16(18(24)22(19)2)12-7-5-9-14(12)26-17/h11,13H,3-10H2,1-2H3,(H,20,23)/t11-,13+/m1/s1. The highest BCUT2D eigenvalue weighted by Gasteiger charge is 2.24. The minimum absolute atomic E-state index is 0.0261. The highest BCUT2D eigenvalue weighted by atomic mass is 32.2. The van der Waals surface area contributed by atoms with Crippen molar-refractivity contribution in [2.24, 2.45) is 13.0 Å². The highest BCUT2D eigenvalue weighted by Crippen LogP contribution is 2.35. The van der Waals surface area contributed by atoms with Gasteiger partial charge < -0.3 is 5.32 Å². The summed E-state index contributed by atoms with van der Waals surface area (Å²) in [4.78, 5) is 32.0. The van der Waals surface area contributed by atoms with E-state index < -0.39 is 0 Å². The van der Waals surface area contributed by atoms with Crippen molar-refractivity contribution < 1.29 is 4.79 Å². The molecule has 4 rings (SSSR count). The molecule has 0 spiro atoms. The number of amides is 1. The molecule has 2 aliphatic carbocycles. The summed E-state index contributed by atoms with van der Waals surface area (Å²) in [5, 5.41) is 4.60. The Bertz CT molecular complexity index is 902. The molecule has 2 atom stereocenters. The fraction of sp³-hybridized carbons (Fsp3) is 0.632. The van der Waals surface area contributed by atoms with Crippen LogP contribution >= 0.6 is 23.1 Å². The molecule has 1 saturated carbocycles. The van der Waals surface area contributed by atoms with Crippen LogP contribution in [0.4, 0.5) is 0 Å². The number of carbonyl (C=O) groups excluding carboxylic acids is 1. The van der Waals surface area contributed by atoms with Crippen LogP contribution in [0.5, 0.6) is 0 Å². The Labute approximate surface area is 161 Å². The maximum absolute atomic E-state index is 12.8. The lowest BCUT2D eigenvalue weighted by Crippen LogP contribution is -2.41. The van der Waals surface area contributed by atoms with Crippen molar-refractivity contribution in [1.29, 1.82) is 0 Å². The molecule has 1 fully saturated rings. The molecule has 0 aliphatic heterocycles. The van der Waals surface area contributed by atoms with E-state index in [9.17, 15) is 9.59 Å². The van der Waals surface area contributed by atoms with Crippen LogP contribution in [0.3, 0.4) is 0 Å². The molecule has 1 N–H and O–H groups in total. The van der Waals surface area contributed by atoms with Gasteiger partial charge in [-0.3, -0.25) is 14.2 Å². The minimum Gasteiger partial charge on any atom is -0.352 e. The number of nitrogens with one attached hydrogen (secondary N) is 1. The largest absolute Gasteiger partial charge is 0.352 e. The molecule has 2 aromatic rings. The molecule has 0 bridgehead atoms. The van der Waals surface area contributed by atoms with Crippen LogP contribution in [-0.2, 0) is 24.7 Å². The van der Waals surface area contributed by atoms with Crippen LogP contribution < -0.4 is 10.9 Å². The second-order valence-electron chi connectivity index (χ2n) is 7.52. The molecule has 0 aromatic carbocycles. The van der Waals surface area contributed by atoms with E-state index in [1.165, 1.54) is 41.5 Å². The van der Waals surface area contributed by atoms with Crippen LogP contribution in [0.1, 0.15) is 49.5 Å². The molecular weight excluding hydrogens is 366 g/mol. The first-order valence-electron chi connectivity index (χ1n) is 9.48. The van der Waals surface area contributed by atoms with Gasteiger partial charge in [-0.05, 0) is 43.6 Å². The van der Waals surface area contributed by atoms with Crippen LogP contribution in [0.25, 0.3) is 10.2 Å². The van der Waals surface area contributed by atoms with Gasteiger partial charge in [0.2, 0.25) is 5.91 Å². The van der Waals surface area contributed by atoms with Crippen molar-refractivity contribution in [3.63, 3.8) is 0 Å². The van der Waals surface area contributed by atoms with Gasteiger partial charge >= 0.3 is 0 Å². The van der Waals surface area contributed by atoms with E-state index in [0.717, 1.165) is 35.9 Å². The number of hydrogen-bond acceptors (Lipinski definition) is 5. The topological polar surface area (TPSA) is 64.0 Å². The first kappa shape index (κ1) is 18.0. The van der Waals surface area contributed by atoms with Gasteiger partial charge in [0.1, 0.15) is 4.83 Å². The first-order valence-corrected chi connectivity index (χ1v) is 11.3. The monoisotopic (exact) mass is 391 g/mol. The van der Waals surface area contributed by atoms with Gasteiger partial charge in [0.05, 0.1) is 11.1 Å². The summed E-state index contributed by atoms with van der Waals surface area (Å²) in [6.07, 6.45) is 7.90. The number of nitrogens with zero attached hydrogens (tertiary/aromatic N) is 2. The molecule has 140 valence electrons. The predicted molar refractivity (Wildman–Crippen MR) is 107 cm³/mol. The number of hydrogen-bond donors (Lipinski definition) is 1. The van der Waals surface area contributed by atoms with Gasteiger partial charge in [-0.25, -0.2) is 4.98 Å². The smallest absolute Gasteiger partial charge is 0.262 e. The fourth-order valence-corrected chi connectivity index (χ4v) is 6.23. The fourth-order valence-electron chi connectivity index (χ4n) is 4.14. The van der Waals surface area contributed by atoms with Crippen molar-refractivity contribution in [2.45, 2.75) is 63.1 Å². The van der Waals surface area contributed by atoms with Gasteiger partial charge in [-0.1, -0.05) is 31.5 Å². The Morgan fingerprint density at radius 2 is 2.12 bits per heavy atom. The molecule has 26 heavy (non-hydrogen) atoms. The van der Waals surface area contributed by atoms with Gasteiger partial charge in [-0.2, -0.15) is 0 Å². The molecule has 1 amide bonds. The highest BCUT2D eigenvalue weighted by molar-refractivity contribution is 7.99. The number of rotatable bonds is 4. The molecule has 0 saturated heterocycles. The number of carbonyl (C=O) groups is 1. The third-order valence-corrected chi connectivity index (χ3v) is 7.91. The lowest BCUT2D eigenvalue weighted by molar-refractivity contribution is -0.119. The van der Waals surface area contributed by atoms with Gasteiger partial charge in [0.25, 0.3) is 5.56 Å². The molecule has 0 unspecified atom stereocenters. The van der Waals surface area contributed by atoms with Crippen LogP contribution in [0.2, 0.25) is 0 Å². The second-order valence-corrected chi connectivity index (χ2v) is 9.55. The van der Waals surface area contributed by atoms with Crippen LogP contribution in [0, 0.1) is 5.92 Å². The van der Waals surface area contributed by atoms with Crippen LogP contribution in [0.15, 0.2) is 9.95 Å². The number of fused-ring (bicyclic) bond motifs is 3. The lowest BCUT2D eigenvalue weighted by atomic mass is 9.86. The first-order chi connectivity index (χ1) is 12.5. The van der Waals surface area contributed by atoms with E-state index in [2.05, 4.69) is 12.2 Å². The summed E-state index contributed by atoms with van der Waals surface area (Å²) in [5.41, 5.74) is 1.23. The molecule has 2 aliphatic rings. The molecular formula is C19H25N3O2S2. The summed E-state index contributed by atoms with van der Waals surface area (Å²) in [6.45, 7) is 2.21. The van der Waals surface area contributed by atoms with E-state index >= 15 is 0 Å². The summed E-state index contributed by atoms with van der Waals surface area (Å²) in [7, 11) is 1.76. The number of aromatic nitrogens is 2. The van der Waals surface area contributed by atoms with E-state index in [-0.39, 0.29) is 17.5 Å². The SMILES string of the molecule is C[C@@H]1CCCC[C@@H]1NC(=O)CSc1nc2sc3c(c2c(=O)n1C)CCC3. The van der Waals surface area contributed by atoms with Crippen molar-refractivity contribution in [1.82, 2.24) is 14.9 Å². The zero-order valence-corrected chi connectivity index (χ0v) is 17.0. The van der Waals surface area contributed by atoms with E-state index in [1.54, 1.807) is 23.0 Å². The minimum atomic E-state index is 0.0261. The molecule has 5 nitrogen and oxygen atoms in total. The Hall–Kier alpha value is -1.34. The zero-order valence-electron chi connectivity index (χ0n) is 15.3. The average molecular weight is 392 g/mol. The number of aryl methyl sites for hydroxylation is 2. The Morgan fingerprint density at radius 1 is 1.31 bits per heavy atom. The summed E-state index contributed by atoms with van der Waals surface area (Å²) in [5.74, 6) is 0.891. The summed E-state index contributed by atoms with van der Waals surface area (Å²) >= 11 is 3.01. The normalized spacial score (nSPS) is 22.5. The van der Waals surface area contributed by atoms with Crippen molar-refractivity contribution in [3.8, 4) is 0 Å². The molecule has 2 aromatic heterocycles. The van der Waals surface area contributed by atoms with Crippen LogP contribution in [-0.4, -0.2) is 27.3 Å². The maximum atomic E-state index is 12.8. The van der Waals surface area contributed by atoms with E-state index in [1.807, 2.05) is 0 Å². The molecule has 0 radical (unpaired) electrons. The quantitative estimate of drug-likeness (QED) is 0.642. The van der Waals surface area contributed by atoms with Crippen molar-refractivity contribution >= 4 is 39.2 Å². The Kier molecular flexibility index (Phi) is 5.10. The zero-order chi connectivity index (χ0) is 18.3. The maximum Gasteiger partial charge on any atom is 0.262 e. The van der Waals surface area contributed by atoms with Gasteiger partial charge in [0, 0.05) is 18.0 Å². The third kappa shape index (κ3) is 3.31. The Balaban J connectivity index is 1.48. The number of thiophene rings is 1. The molecule has 7 heteroatoms. The van der Waals surface area contributed by atoms with Crippen molar-refractivity contribution in [2.75, 3.05) is 5.75 Å². The van der Waals surface area contributed by atoms with E-state index in [0.29, 0.717) is 16.8 Å². The second kappa shape index (κ2) is 7.35. The van der Waals surface area contributed by atoms with E-state index in [4.69, 9.17) is 4.98 Å². The number of thioether (sulfide) groups is 1. The predicted octanol–water partition coefficient (Wildman–Crippen LogP) is 3.27.